The monoisotopic (exact) mass is 430 g/mol. The summed E-state index contributed by atoms with van der Waals surface area (Å²) in [5.74, 6) is 1.97. The Morgan fingerprint density at radius 2 is 2.30 bits per heavy atom. The molecule has 1 fully saturated rings. The highest BCUT2D eigenvalue weighted by Gasteiger charge is 2.22. The number of rotatable bonds is 6. The first-order valence-corrected chi connectivity index (χ1v) is 7.65. The summed E-state index contributed by atoms with van der Waals surface area (Å²) < 4.78 is 5.29. The van der Waals surface area contributed by atoms with E-state index in [0.717, 1.165) is 37.4 Å². The molecule has 1 unspecified atom stereocenters. The van der Waals surface area contributed by atoms with E-state index in [4.69, 9.17) is 10.5 Å². The van der Waals surface area contributed by atoms with E-state index in [1.54, 1.807) is 7.11 Å². The minimum Gasteiger partial charge on any atom is -0.497 e. The molecule has 0 radical (unpaired) electrons. The molecule has 1 aromatic rings. The van der Waals surface area contributed by atoms with E-state index in [-0.39, 0.29) is 24.0 Å². The van der Waals surface area contributed by atoms with Crippen LogP contribution in [0.4, 0.5) is 5.69 Å². The number of hydrogen-bond donors (Lipinski definition) is 2. The first kappa shape index (κ1) is 19.6. The van der Waals surface area contributed by atoms with Crippen LogP contribution in [-0.4, -0.2) is 39.2 Å². The van der Waals surface area contributed by atoms with Crippen LogP contribution in [0.2, 0.25) is 0 Å². The summed E-state index contributed by atoms with van der Waals surface area (Å²) in [5, 5.41) is 3.21. The van der Waals surface area contributed by atoms with Crippen LogP contribution in [0.1, 0.15) is 13.3 Å². The molecule has 5 nitrogen and oxygen atoms in total. The number of halogens is 1. The normalized spacial score (nSPS) is 17.6. The van der Waals surface area contributed by atoms with Crippen molar-refractivity contribution in [3.8, 4) is 5.75 Å². The third-order valence-corrected chi connectivity index (χ3v) is 3.80. The molecule has 2 rings (SSSR count). The van der Waals surface area contributed by atoms with E-state index in [0.29, 0.717) is 18.4 Å². The van der Waals surface area contributed by atoms with Gasteiger partial charge in [-0.05, 0) is 31.4 Å². The van der Waals surface area contributed by atoms with Gasteiger partial charge >= 0.3 is 0 Å². The first-order valence-electron chi connectivity index (χ1n) is 7.65. The molecule has 1 atom stereocenters. The van der Waals surface area contributed by atoms with Crippen molar-refractivity contribution in [1.82, 2.24) is 5.32 Å². The Hall–Kier alpha value is -1.44. The molecular formula is C17H27IN4O. The van der Waals surface area contributed by atoms with Crippen molar-refractivity contribution in [3.63, 3.8) is 0 Å². The topological polar surface area (TPSA) is 62.9 Å². The van der Waals surface area contributed by atoms with E-state index in [2.05, 4.69) is 33.9 Å². The summed E-state index contributed by atoms with van der Waals surface area (Å²) in [5.41, 5.74) is 8.07. The second-order valence-corrected chi connectivity index (χ2v) is 5.84. The van der Waals surface area contributed by atoms with Crippen LogP contribution in [-0.2, 0) is 0 Å². The lowest BCUT2D eigenvalue weighted by atomic mass is 10.1. The minimum atomic E-state index is 0. The quantitative estimate of drug-likeness (QED) is 0.315. The summed E-state index contributed by atoms with van der Waals surface area (Å²) in [6.45, 7) is 9.27. The lowest BCUT2D eigenvalue weighted by Crippen LogP contribution is -2.36. The Kier molecular flexibility index (Phi) is 8.22. The summed E-state index contributed by atoms with van der Waals surface area (Å²) in [6.07, 6.45) is 1.15. The molecule has 1 heterocycles. The lowest BCUT2D eigenvalue weighted by molar-refractivity contribution is 0.415. The number of aliphatic imine (C=N–C) groups is 1. The fraction of sp³-hybridized carbons (Fsp3) is 0.471. The molecule has 0 amide bonds. The van der Waals surface area contributed by atoms with Gasteiger partial charge in [0.15, 0.2) is 5.96 Å². The second-order valence-electron chi connectivity index (χ2n) is 5.84. The Morgan fingerprint density at radius 1 is 1.52 bits per heavy atom. The van der Waals surface area contributed by atoms with E-state index < -0.39 is 0 Å². The zero-order chi connectivity index (χ0) is 15.9. The molecule has 0 saturated carbocycles. The van der Waals surface area contributed by atoms with Gasteiger partial charge in [0, 0.05) is 31.4 Å². The molecule has 1 saturated heterocycles. The van der Waals surface area contributed by atoms with Crippen LogP contribution < -0.4 is 20.7 Å². The number of hydrogen-bond acceptors (Lipinski definition) is 3. The van der Waals surface area contributed by atoms with Gasteiger partial charge in [-0.1, -0.05) is 18.2 Å². The Labute approximate surface area is 156 Å². The Bertz CT molecular complexity index is 547. The third kappa shape index (κ3) is 6.29. The van der Waals surface area contributed by atoms with Crippen molar-refractivity contribution in [3.05, 3.63) is 36.4 Å². The number of ether oxygens (including phenoxy) is 1. The van der Waals surface area contributed by atoms with Crippen LogP contribution in [0.25, 0.3) is 0 Å². The number of benzene rings is 1. The van der Waals surface area contributed by atoms with E-state index in [1.807, 2.05) is 19.1 Å². The number of nitrogens with zero attached hydrogens (tertiary/aromatic N) is 2. The molecule has 0 aromatic heterocycles. The van der Waals surface area contributed by atoms with Crippen molar-refractivity contribution >= 4 is 35.6 Å². The smallest absolute Gasteiger partial charge is 0.188 e. The molecule has 1 aliphatic rings. The zero-order valence-electron chi connectivity index (χ0n) is 13.9. The highest BCUT2D eigenvalue weighted by molar-refractivity contribution is 14.0. The molecule has 0 aliphatic carbocycles. The van der Waals surface area contributed by atoms with Gasteiger partial charge in [0.25, 0.3) is 0 Å². The van der Waals surface area contributed by atoms with Gasteiger partial charge in [0.1, 0.15) is 5.75 Å². The molecule has 0 spiro atoms. The maximum absolute atomic E-state index is 5.85. The average molecular weight is 430 g/mol. The van der Waals surface area contributed by atoms with Crippen molar-refractivity contribution in [1.29, 1.82) is 0 Å². The van der Waals surface area contributed by atoms with E-state index in [1.165, 1.54) is 5.69 Å². The molecule has 128 valence electrons. The number of nitrogens with two attached hydrogens (primary N) is 1. The number of guanidine groups is 1. The van der Waals surface area contributed by atoms with Gasteiger partial charge in [0.2, 0.25) is 0 Å². The molecule has 3 N–H and O–H groups in total. The van der Waals surface area contributed by atoms with Crippen LogP contribution in [0.3, 0.4) is 0 Å². The standard InChI is InChI=1S/C17H26N4O.HI/c1-13(2)10-19-17(18)20-11-14-7-8-21(12-14)15-5-4-6-16(9-15)22-3;/h4-6,9,14H,1,7-8,10-12H2,2-3H3,(H3,18,19,20);1H. The van der Waals surface area contributed by atoms with Crippen molar-refractivity contribution in [2.45, 2.75) is 13.3 Å². The number of nitrogens with one attached hydrogen (secondary N) is 1. The fourth-order valence-corrected chi connectivity index (χ4v) is 2.57. The van der Waals surface area contributed by atoms with Gasteiger partial charge < -0.3 is 20.7 Å². The predicted molar refractivity (Wildman–Crippen MR) is 108 cm³/mol. The van der Waals surface area contributed by atoms with E-state index in [9.17, 15) is 0 Å². The van der Waals surface area contributed by atoms with Crippen molar-refractivity contribution in [2.24, 2.45) is 16.6 Å². The lowest BCUT2D eigenvalue weighted by Gasteiger charge is -2.19. The molecule has 1 aromatic carbocycles. The SMILES string of the molecule is C=C(C)CN=C(N)NCC1CCN(c2cccc(OC)c2)C1.I. The summed E-state index contributed by atoms with van der Waals surface area (Å²) in [6, 6.07) is 8.21. The summed E-state index contributed by atoms with van der Waals surface area (Å²) in [7, 11) is 1.70. The van der Waals surface area contributed by atoms with Crippen LogP contribution in [0.5, 0.6) is 5.75 Å². The predicted octanol–water partition coefficient (Wildman–Crippen LogP) is 2.62. The van der Waals surface area contributed by atoms with Gasteiger partial charge in [-0.25, -0.2) is 4.99 Å². The van der Waals surface area contributed by atoms with Crippen LogP contribution in [0.15, 0.2) is 41.4 Å². The second kappa shape index (κ2) is 9.64. The molecule has 0 bridgehead atoms. The highest BCUT2D eigenvalue weighted by Crippen LogP contribution is 2.26. The number of methoxy groups -OCH3 is 1. The average Bonchev–Trinajstić information content (AvgIpc) is 3.00. The fourth-order valence-electron chi connectivity index (χ4n) is 2.57. The van der Waals surface area contributed by atoms with Crippen LogP contribution >= 0.6 is 24.0 Å². The molecule has 6 heteroatoms. The van der Waals surface area contributed by atoms with Crippen LogP contribution in [0, 0.1) is 5.92 Å². The number of anilines is 1. The van der Waals surface area contributed by atoms with Gasteiger partial charge in [-0.3, -0.25) is 0 Å². The summed E-state index contributed by atoms with van der Waals surface area (Å²) >= 11 is 0. The van der Waals surface area contributed by atoms with Gasteiger partial charge in [0.05, 0.1) is 13.7 Å². The maximum atomic E-state index is 5.85. The zero-order valence-corrected chi connectivity index (χ0v) is 16.2. The highest BCUT2D eigenvalue weighted by atomic mass is 127. The maximum Gasteiger partial charge on any atom is 0.188 e. The van der Waals surface area contributed by atoms with Gasteiger partial charge in [-0.2, -0.15) is 0 Å². The Morgan fingerprint density at radius 3 is 3.00 bits per heavy atom. The third-order valence-electron chi connectivity index (χ3n) is 3.80. The van der Waals surface area contributed by atoms with Crippen molar-refractivity contribution < 1.29 is 4.74 Å². The molecule has 23 heavy (non-hydrogen) atoms. The van der Waals surface area contributed by atoms with Gasteiger partial charge in [-0.15, -0.1) is 24.0 Å². The summed E-state index contributed by atoms with van der Waals surface area (Å²) in [4.78, 5) is 6.62. The minimum absolute atomic E-state index is 0. The molecular weight excluding hydrogens is 403 g/mol. The van der Waals surface area contributed by atoms with Crippen molar-refractivity contribution in [2.75, 3.05) is 38.2 Å². The Balaban J connectivity index is 0.00000264. The largest absolute Gasteiger partial charge is 0.497 e. The first-order chi connectivity index (χ1) is 10.6. The molecule has 1 aliphatic heterocycles. The van der Waals surface area contributed by atoms with E-state index >= 15 is 0 Å².